The topological polar surface area (TPSA) is 12.9 Å². The molecule has 1 aromatic heterocycles. The maximum absolute atomic E-state index is 4.79. The van der Waals surface area contributed by atoms with E-state index >= 15 is 0 Å². The summed E-state index contributed by atoms with van der Waals surface area (Å²) in [6.45, 7) is 2.10. The van der Waals surface area contributed by atoms with E-state index in [-0.39, 0.29) is 20.1 Å². The van der Waals surface area contributed by atoms with Crippen molar-refractivity contribution < 1.29 is 20.1 Å². The largest absolute Gasteiger partial charge is 0.304 e. The normalized spacial score (nSPS) is 11.0. The summed E-state index contributed by atoms with van der Waals surface area (Å²) < 4.78 is 0. The van der Waals surface area contributed by atoms with Gasteiger partial charge in [-0.15, -0.1) is 34.9 Å². The maximum Gasteiger partial charge on any atom is 0.0167 e. The van der Waals surface area contributed by atoms with Gasteiger partial charge in [0.1, 0.15) is 0 Å². The predicted molar refractivity (Wildman–Crippen MR) is 131 cm³/mol. The molecule has 0 aliphatic rings. The van der Waals surface area contributed by atoms with Gasteiger partial charge in [-0.2, -0.15) is 0 Å². The van der Waals surface area contributed by atoms with Crippen LogP contribution in [0.15, 0.2) is 103 Å². The number of hydrogen-bond acceptors (Lipinski definition) is 1. The van der Waals surface area contributed by atoms with Crippen molar-refractivity contribution in [2.45, 2.75) is 6.92 Å². The van der Waals surface area contributed by atoms with Gasteiger partial charge in [0.15, 0.2) is 0 Å². The molecule has 0 aliphatic carbocycles. The van der Waals surface area contributed by atoms with Crippen LogP contribution in [0, 0.1) is 13.0 Å². The van der Waals surface area contributed by atoms with Gasteiger partial charge in [0.25, 0.3) is 0 Å². The molecule has 0 atom stereocenters. The van der Waals surface area contributed by atoms with E-state index in [0.29, 0.717) is 0 Å². The van der Waals surface area contributed by atoms with Crippen LogP contribution in [-0.4, -0.2) is 4.98 Å². The minimum atomic E-state index is 0. The molecule has 6 aromatic rings. The minimum Gasteiger partial charge on any atom is -0.304 e. The van der Waals surface area contributed by atoms with Gasteiger partial charge in [-0.1, -0.05) is 85.8 Å². The van der Waals surface area contributed by atoms with E-state index in [4.69, 9.17) is 4.98 Å². The standard InChI is InChI=1S/C30H20N.Ir/c1-20-17-23(21-7-3-2-4-8-21)19-24(18-20)30-29-14-13-26-25-10-6-5-9-22(25)11-12-27(26)28(29)15-16-31-30;/h2-17,19H,1H3;/q-1;. The fraction of sp³-hybridized carbons (Fsp3) is 0.0333. The van der Waals surface area contributed by atoms with Crippen molar-refractivity contribution >= 4 is 32.3 Å². The van der Waals surface area contributed by atoms with Gasteiger partial charge in [-0.05, 0) is 49.6 Å². The molecule has 2 heteroatoms. The summed E-state index contributed by atoms with van der Waals surface area (Å²) in [6.07, 6.45) is 1.92. The monoisotopic (exact) mass is 587 g/mol. The van der Waals surface area contributed by atoms with E-state index < -0.39 is 0 Å². The van der Waals surface area contributed by atoms with Crippen molar-refractivity contribution in [3.63, 3.8) is 0 Å². The fourth-order valence-electron chi connectivity index (χ4n) is 4.61. The first-order valence-electron chi connectivity index (χ1n) is 10.6. The summed E-state index contributed by atoms with van der Waals surface area (Å²) in [4.78, 5) is 4.79. The second kappa shape index (κ2) is 8.31. The Morgan fingerprint density at radius 3 is 2.16 bits per heavy atom. The third-order valence-corrected chi connectivity index (χ3v) is 6.03. The van der Waals surface area contributed by atoms with Crippen LogP contribution in [-0.2, 0) is 20.1 Å². The van der Waals surface area contributed by atoms with Gasteiger partial charge in [-0.25, -0.2) is 0 Å². The van der Waals surface area contributed by atoms with Crippen molar-refractivity contribution in [3.8, 4) is 22.4 Å². The Balaban J connectivity index is 0.00000216. The van der Waals surface area contributed by atoms with Gasteiger partial charge in [0.2, 0.25) is 0 Å². The first kappa shape index (κ1) is 20.6. The predicted octanol–water partition coefficient (Wildman–Crippen LogP) is 7.98. The molecule has 6 rings (SSSR count). The van der Waals surface area contributed by atoms with Gasteiger partial charge in [-0.3, -0.25) is 0 Å². The molecule has 0 saturated heterocycles. The summed E-state index contributed by atoms with van der Waals surface area (Å²) in [5.41, 5.74) is 5.52. The molecule has 5 aromatic carbocycles. The SMILES string of the molecule is Cc1[c-]c(-c2nccc3c2ccc2c4ccccc4ccc32)cc(-c2ccccc2)c1.[Ir]. The van der Waals surface area contributed by atoms with Crippen molar-refractivity contribution in [1.82, 2.24) is 4.98 Å². The van der Waals surface area contributed by atoms with Crippen LogP contribution < -0.4 is 0 Å². The Morgan fingerprint density at radius 2 is 1.28 bits per heavy atom. The summed E-state index contributed by atoms with van der Waals surface area (Å²) in [5, 5.41) is 7.48. The van der Waals surface area contributed by atoms with Crippen molar-refractivity contribution in [2.75, 3.05) is 0 Å². The van der Waals surface area contributed by atoms with Crippen LogP contribution in [0.2, 0.25) is 0 Å². The summed E-state index contributed by atoms with van der Waals surface area (Å²) in [7, 11) is 0. The molecule has 0 unspecified atom stereocenters. The minimum absolute atomic E-state index is 0. The summed E-state index contributed by atoms with van der Waals surface area (Å²) in [5.74, 6) is 0. The van der Waals surface area contributed by atoms with Gasteiger partial charge in [0, 0.05) is 26.3 Å². The zero-order valence-corrected chi connectivity index (χ0v) is 20.0. The molecule has 1 heterocycles. The first-order chi connectivity index (χ1) is 15.3. The zero-order chi connectivity index (χ0) is 20.8. The van der Waals surface area contributed by atoms with Crippen LogP contribution in [0.25, 0.3) is 54.7 Å². The molecule has 155 valence electrons. The van der Waals surface area contributed by atoms with Crippen LogP contribution in [0.1, 0.15) is 5.56 Å². The Hall–Kier alpha value is -3.32. The number of aromatic nitrogens is 1. The number of hydrogen-bond donors (Lipinski definition) is 0. The first-order valence-corrected chi connectivity index (χ1v) is 10.6. The number of nitrogens with zero attached hydrogens (tertiary/aromatic N) is 1. The van der Waals surface area contributed by atoms with E-state index in [1.807, 2.05) is 12.3 Å². The molecular formula is C30H20IrN-. The van der Waals surface area contributed by atoms with E-state index in [9.17, 15) is 0 Å². The molecular weight excluding hydrogens is 567 g/mol. The average Bonchev–Trinajstić information content (AvgIpc) is 2.83. The molecule has 1 nitrogen and oxygen atoms in total. The molecule has 0 bridgehead atoms. The molecule has 1 radical (unpaired) electrons. The molecule has 0 saturated carbocycles. The number of fused-ring (bicyclic) bond motifs is 5. The van der Waals surface area contributed by atoms with Crippen LogP contribution >= 0.6 is 0 Å². The quantitative estimate of drug-likeness (QED) is 0.148. The Kier molecular flexibility index (Phi) is 5.35. The average molecular weight is 587 g/mol. The van der Waals surface area contributed by atoms with E-state index in [1.54, 1.807) is 0 Å². The summed E-state index contributed by atoms with van der Waals surface area (Å²) in [6, 6.07) is 38.0. The van der Waals surface area contributed by atoms with E-state index in [0.717, 1.165) is 22.2 Å². The Morgan fingerprint density at radius 1 is 0.594 bits per heavy atom. The fourth-order valence-corrected chi connectivity index (χ4v) is 4.61. The maximum atomic E-state index is 4.79. The number of rotatable bonds is 2. The molecule has 0 spiro atoms. The van der Waals surface area contributed by atoms with Crippen molar-refractivity contribution in [2.24, 2.45) is 0 Å². The second-order valence-electron chi connectivity index (χ2n) is 8.03. The molecule has 0 amide bonds. The van der Waals surface area contributed by atoms with Gasteiger partial charge >= 0.3 is 0 Å². The molecule has 0 aliphatic heterocycles. The van der Waals surface area contributed by atoms with Crippen LogP contribution in [0.4, 0.5) is 0 Å². The Bertz CT molecular complexity index is 1590. The van der Waals surface area contributed by atoms with Crippen molar-refractivity contribution in [3.05, 3.63) is 115 Å². The van der Waals surface area contributed by atoms with Crippen LogP contribution in [0.3, 0.4) is 0 Å². The number of benzene rings is 5. The van der Waals surface area contributed by atoms with Crippen LogP contribution in [0.5, 0.6) is 0 Å². The number of pyridine rings is 1. The molecule has 32 heavy (non-hydrogen) atoms. The molecule has 0 N–H and O–H groups in total. The molecule has 0 fully saturated rings. The van der Waals surface area contributed by atoms with Gasteiger partial charge < -0.3 is 4.98 Å². The zero-order valence-electron chi connectivity index (χ0n) is 17.6. The second-order valence-corrected chi connectivity index (χ2v) is 8.03. The number of aryl methyl sites for hydroxylation is 1. The smallest absolute Gasteiger partial charge is 0.0167 e. The van der Waals surface area contributed by atoms with Gasteiger partial charge in [0.05, 0.1) is 0 Å². The van der Waals surface area contributed by atoms with E-state index in [2.05, 4.69) is 104 Å². The van der Waals surface area contributed by atoms with E-state index in [1.165, 1.54) is 38.1 Å². The third kappa shape index (κ3) is 3.42. The Labute approximate surface area is 201 Å². The van der Waals surface area contributed by atoms with Crippen molar-refractivity contribution in [1.29, 1.82) is 0 Å². The summed E-state index contributed by atoms with van der Waals surface area (Å²) >= 11 is 0. The third-order valence-electron chi connectivity index (χ3n) is 6.03.